The fraction of sp³-hybridized carbons (Fsp3) is 0.588. The number of carbonyl (C=O) groups is 1. The lowest BCUT2D eigenvalue weighted by atomic mass is 10.0. The molecule has 0 bridgehead atoms. The smallest absolute Gasteiger partial charge is 0.270 e. The van der Waals surface area contributed by atoms with Gasteiger partial charge in [0, 0.05) is 51.4 Å². The predicted molar refractivity (Wildman–Crippen MR) is 92.6 cm³/mol. The summed E-state index contributed by atoms with van der Waals surface area (Å²) in [6.45, 7) is 4.80. The van der Waals surface area contributed by atoms with Crippen LogP contribution in [-0.2, 0) is 0 Å². The van der Waals surface area contributed by atoms with Gasteiger partial charge in [-0.2, -0.15) is 0 Å². The number of benzene rings is 1. The van der Waals surface area contributed by atoms with Gasteiger partial charge in [-0.1, -0.05) is 0 Å². The predicted octanol–water partition coefficient (Wildman–Crippen LogP) is 1.97. The molecular formula is C17H24N4O3. The van der Waals surface area contributed by atoms with Crippen molar-refractivity contribution < 1.29 is 9.72 Å². The lowest BCUT2D eigenvalue weighted by Crippen LogP contribution is -2.47. The van der Waals surface area contributed by atoms with Gasteiger partial charge in [-0.25, -0.2) is 0 Å². The van der Waals surface area contributed by atoms with E-state index in [1.807, 2.05) is 11.9 Å². The van der Waals surface area contributed by atoms with Gasteiger partial charge in [0.15, 0.2) is 0 Å². The number of hydrogen-bond donors (Lipinski definition) is 0. The van der Waals surface area contributed by atoms with Crippen molar-refractivity contribution in [1.29, 1.82) is 0 Å². The summed E-state index contributed by atoms with van der Waals surface area (Å²) in [5.41, 5.74) is 1.29. The molecule has 7 nitrogen and oxygen atoms in total. The number of non-ortho nitro benzene ring substituents is 1. The lowest BCUT2D eigenvalue weighted by Gasteiger charge is -2.34. The first-order valence-electron chi connectivity index (χ1n) is 8.57. The van der Waals surface area contributed by atoms with Crippen molar-refractivity contribution in [3.05, 3.63) is 33.9 Å². The summed E-state index contributed by atoms with van der Waals surface area (Å²) < 4.78 is 0. The summed E-state index contributed by atoms with van der Waals surface area (Å²) in [5, 5.41) is 11.1. The highest BCUT2D eigenvalue weighted by Crippen LogP contribution is 2.29. The number of likely N-dealkylation sites (N-methyl/N-ethyl adjacent to an activating group) is 1. The molecule has 3 rings (SSSR count). The molecular weight excluding hydrogens is 308 g/mol. The fourth-order valence-electron chi connectivity index (χ4n) is 3.40. The van der Waals surface area contributed by atoms with Crippen LogP contribution in [0, 0.1) is 10.1 Å². The molecule has 0 spiro atoms. The Bertz CT molecular complexity index is 620. The molecule has 2 aliphatic heterocycles. The standard InChI is InChI=1S/C17H24N4O3/c1-18-9-11-20(12-10-18)17(22)15-13-14(21(23)24)5-6-16(15)19-7-3-2-4-8-19/h5-6,13H,2-4,7-12H2,1H3. The number of carbonyl (C=O) groups excluding carboxylic acids is 1. The molecule has 2 heterocycles. The molecule has 0 unspecified atom stereocenters. The molecule has 130 valence electrons. The van der Waals surface area contributed by atoms with E-state index < -0.39 is 4.92 Å². The minimum atomic E-state index is -0.430. The topological polar surface area (TPSA) is 69.9 Å². The number of anilines is 1. The van der Waals surface area contributed by atoms with E-state index >= 15 is 0 Å². The quantitative estimate of drug-likeness (QED) is 0.625. The summed E-state index contributed by atoms with van der Waals surface area (Å²) in [4.78, 5) is 29.9. The maximum atomic E-state index is 13.0. The van der Waals surface area contributed by atoms with Crippen LogP contribution in [0.2, 0.25) is 0 Å². The summed E-state index contributed by atoms with van der Waals surface area (Å²) in [6.07, 6.45) is 3.39. The molecule has 2 fully saturated rings. The number of nitrogens with zero attached hydrogens (tertiary/aromatic N) is 4. The van der Waals surface area contributed by atoms with E-state index in [1.54, 1.807) is 6.07 Å². The van der Waals surface area contributed by atoms with Crippen molar-refractivity contribution in [2.75, 3.05) is 51.2 Å². The molecule has 0 aliphatic carbocycles. The highest BCUT2D eigenvalue weighted by molar-refractivity contribution is 6.00. The number of hydrogen-bond acceptors (Lipinski definition) is 5. The second-order valence-corrected chi connectivity index (χ2v) is 6.60. The lowest BCUT2D eigenvalue weighted by molar-refractivity contribution is -0.384. The average molecular weight is 332 g/mol. The first-order valence-corrected chi connectivity index (χ1v) is 8.57. The number of nitro benzene ring substituents is 1. The van der Waals surface area contributed by atoms with Gasteiger partial charge < -0.3 is 14.7 Å². The van der Waals surface area contributed by atoms with Crippen LogP contribution in [0.25, 0.3) is 0 Å². The SMILES string of the molecule is CN1CCN(C(=O)c2cc([N+](=O)[O-])ccc2N2CCCCC2)CC1. The Balaban J connectivity index is 1.91. The Labute approximate surface area is 142 Å². The zero-order valence-electron chi connectivity index (χ0n) is 14.1. The van der Waals surface area contributed by atoms with Crippen molar-refractivity contribution in [2.24, 2.45) is 0 Å². The van der Waals surface area contributed by atoms with E-state index in [0.29, 0.717) is 18.7 Å². The van der Waals surface area contributed by atoms with E-state index in [9.17, 15) is 14.9 Å². The maximum absolute atomic E-state index is 13.0. The second-order valence-electron chi connectivity index (χ2n) is 6.60. The van der Waals surface area contributed by atoms with Crippen LogP contribution in [0.4, 0.5) is 11.4 Å². The molecule has 7 heteroatoms. The van der Waals surface area contributed by atoms with Gasteiger partial charge in [0.05, 0.1) is 16.2 Å². The Morgan fingerprint density at radius 2 is 1.71 bits per heavy atom. The van der Waals surface area contributed by atoms with Crippen LogP contribution in [0.3, 0.4) is 0 Å². The van der Waals surface area contributed by atoms with Crippen molar-refractivity contribution in [2.45, 2.75) is 19.3 Å². The summed E-state index contributed by atoms with van der Waals surface area (Å²) in [5.74, 6) is -0.0904. The van der Waals surface area contributed by atoms with Crippen LogP contribution in [0.15, 0.2) is 18.2 Å². The van der Waals surface area contributed by atoms with E-state index in [0.717, 1.165) is 44.7 Å². The number of nitro groups is 1. The van der Waals surface area contributed by atoms with Gasteiger partial charge in [0.2, 0.25) is 0 Å². The summed E-state index contributed by atoms with van der Waals surface area (Å²) in [6, 6.07) is 4.70. The zero-order valence-corrected chi connectivity index (χ0v) is 14.1. The Morgan fingerprint density at radius 1 is 1.04 bits per heavy atom. The molecule has 0 aromatic heterocycles. The van der Waals surface area contributed by atoms with E-state index in [1.165, 1.54) is 18.6 Å². The molecule has 0 N–H and O–H groups in total. The number of piperazine rings is 1. The molecule has 0 atom stereocenters. The van der Waals surface area contributed by atoms with E-state index in [2.05, 4.69) is 9.80 Å². The third-order valence-corrected chi connectivity index (χ3v) is 4.91. The van der Waals surface area contributed by atoms with Crippen molar-refractivity contribution in [1.82, 2.24) is 9.80 Å². The van der Waals surface area contributed by atoms with Gasteiger partial charge >= 0.3 is 0 Å². The van der Waals surface area contributed by atoms with Gasteiger partial charge in [-0.3, -0.25) is 14.9 Å². The third kappa shape index (κ3) is 3.51. The molecule has 1 aromatic rings. The Kier molecular flexibility index (Phi) is 4.99. The Morgan fingerprint density at radius 3 is 2.33 bits per heavy atom. The minimum Gasteiger partial charge on any atom is -0.371 e. The largest absolute Gasteiger partial charge is 0.371 e. The van der Waals surface area contributed by atoms with Gasteiger partial charge in [-0.05, 0) is 32.4 Å². The minimum absolute atomic E-state index is 0.0202. The maximum Gasteiger partial charge on any atom is 0.270 e. The van der Waals surface area contributed by atoms with Crippen LogP contribution in [-0.4, -0.2) is 66.9 Å². The first-order chi connectivity index (χ1) is 11.6. The van der Waals surface area contributed by atoms with Gasteiger partial charge in [-0.15, -0.1) is 0 Å². The van der Waals surface area contributed by atoms with Crippen LogP contribution in [0.5, 0.6) is 0 Å². The highest BCUT2D eigenvalue weighted by Gasteiger charge is 2.26. The Hall–Kier alpha value is -2.15. The van der Waals surface area contributed by atoms with Crippen LogP contribution >= 0.6 is 0 Å². The number of piperidine rings is 1. The fourth-order valence-corrected chi connectivity index (χ4v) is 3.40. The number of rotatable bonds is 3. The van der Waals surface area contributed by atoms with Gasteiger partial charge in [0.25, 0.3) is 11.6 Å². The van der Waals surface area contributed by atoms with Crippen LogP contribution in [0.1, 0.15) is 29.6 Å². The third-order valence-electron chi connectivity index (χ3n) is 4.91. The first kappa shape index (κ1) is 16.7. The van der Waals surface area contributed by atoms with E-state index in [-0.39, 0.29) is 11.6 Å². The number of amides is 1. The van der Waals surface area contributed by atoms with Crippen molar-refractivity contribution >= 4 is 17.3 Å². The summed E-state index contributed by atoms with van der Waals surface area (Å²) in [7, 11) is 2.04. The molecule has 2 aliphatic rings. The highest BCUT2D eigenvalue weighted by atomic mass is 16.6. The average Bonchev–Trinajstić information content (AvgIpc) is 2.62. The van der Waals surface area contributed by atoms with Gasteiger partial charge in [0.1, 0.15) is 0 Å². The molecule has 0 saturated carbocycles. The zero-order chi connectivity index (χ0) is 17.1. The summed E-state index contributed by atoms with van der Waals surface area (Å²) >= 11 is 0. The van der Waals surface area contributed by atoms with Crippen molar-refractivity contribution in [3.8, 4) is 0 Å². The van der Waals surface area contributed by atoms with Crippen molar-refractivity contribution in [3.63, 3.8) is 0 Å². The molecule has 1 amide bonds. The van der Waals surface area contributed by atoms with Crippen LogP contribution < -0.4 is 4.90 Å². The second kappa shape index (κ2) is 7.17. The molecule has 24 heavy (non-hydrogen) atoms. The molecule has 2 saturated heterocycles. The molecule has 0 radical (unpaired) electrons. The molecule has 1 aromatic carbocycles. The monoisotopic (exact) mass is 332 g/mol. The normalized spacial score (nSPS) is 19.4. The van der Waals surface area contributed by atoms with E-state index in [4.69, 9.17) is 0 Å².